The van der Waals surface area contributed by atoms with Crippen LogP contribution in [0.2, 0.25) is 0 Å². The summed E-state index contributed by atoms with van der Waals surface area (Å²) in [4.78, 5) is 39.0. The highest BCUT2D eigenvalue weighted by molar-refractivity contribution is 9.10. The molecule has 0 aromatic heterocycles. The molecule has 0 spiro atoms. The quantitative estimate of drug-likeness (QED) is 0.312. The number of nitrogens with zero attached hydrogens (tertiary/aromatic N) is 1. The van der Waals surface area contributed by atoms with Crippen LogP contribution >= 0.6 is 15.9 Å². The molecular weight excluding hydrogens is 512 g/mol. The zero-order valence-electron chi connectivity index (χ0n) is 19.2. The molecule has 1 aliphatic rings. The first-order chi connectivity index (χ1) is 16.9. The third-order valence-electron chi connectivity index (χ3n) is 5.34. The molecule has 3 aromatic rings. The van der Waals surface area contributed by atoms with E-state index in [4.69, 9.17) is 9.47 Å². The SMILES string of the molecule is CCOc1cc(/C=C2/C(=O)NC(=O)N(c3ccc(Br)cc3)C2=O)ccc1O[C@@H](C)c1ccccc1. The predicted octanol–water partition coefficient (Wildman–Crippen LogP) is 5.65. The van der Waals surface area contributed by atoms with Crippen LogP contribution in [0, 0.1) is 0 Å². The van der Waals surface area contributed by atoms with Gasteiger partial charge in [0.2, 0.25) is 0 Å². The number of urea groups is 1. The largest absolute Gasteiger partial charge is 0.490 e. The molecule has 3 aromatic carbocycles. The lowest BCUT2D eigenvalue weighted by atomic mass is 10.1. The summed E-state index contributed by atoms with van der Waals surface area (Å²) in [5, 5.41) is 2.23. The van der Waals surface area contributed by atoms with Gasteiger partial charge in [0.05, 0.1) is 12.3 Å². The lowest BCUT2D eigenvalue weighted by molar-refractivity contribution is -0.122. The van der Waals surface area contributed by atoms with Gasteiger partial charge in [-0.1, -0.05) is 52.3 Å². The van der Waals surface area contributed by atoms with Crippen molar-refractivity contribution in [3.8, 4) is 11.5 Å². The summed E-state index contributed by atoms with van der Waals surface area (Å²) in [6, 6.07) is 20.8. The predicted molar refractivity (Wildman–Crippen MR) is 136 cm³/mol. The molecule has 1 atom stereocenters. The van der Waals surface area contributed by atoms with Crippen molar-refractivity contribution in [1.82, 2.24) is 5.32 Å². The molecule has 1 saturated heterocycles. The number of imide groups is 2. The first-order valence-electron chi connectivity index (χ1n) is 11.0. The van der Waals surface area contributed by atoms with Crippen molar-refractivity contribution in [3.05, 3.63) is 94.0 Å². The zero-order valence-corrected chi connectivity index (χ0v) is 20.7. The highest BCUT2D eigenvalue weighted by atomic mass is 79.9. The van der Waals surface area contributed by atoms with E-state index in [1.807, 2.05) is 44.2 Å². The summed E-state index contributed by atoms with van der Waals surface area (Å²) in [6.07, 6.45) is 1.22. The molecule has 178 valence electrons. The number of nitrogens with one attached hydrogen (secondary N) is 1. The van der Waals surface area contributed by atoms with Gasteiger partial charge in [0, 0.05) is 4.47 Å². The third-order valence-corrected chi connectivity index (χ3v) is 5.87. The number of ether oxygens (including phenoxy) is 2. The average Bonchev–Trinajstić information content (AvgIpc) is 2.85. The van der Waals surface area contributed by atoms with E-state index in [1.165, 1.54) is 6.08 Å². The van der Waals surface area contributed by atoms with Gasteiger partial charge >= 0.3 is 6.03 Å². The molecule has 0 bridgehead atoms. The van der Waals surface area contributed by atoms with Crippen LogP contribution in [0.25, 0.3) is 6.08 Å². The summed E-state index contributed by atoms with van der Waals surface area (Å²) in [6.45, 7) is 4.20. The second kappa shape index (κ2) is 10.6. The van der Waals surface area contributed by atoms with E-state index in [0.717, 1.165) is 14.9 Å². The van der Waals surface area contributed by atoms with Gasteiger partial charge in [0.25, 0.3) is 11.8 Å². The third kappa shape index (κ3) is 5.44. The van der Waals surface area contributed by atoms with Crippen LogP contribution in [0.1, 0.15) is 31.1 Å². The fraction of sp³-hybridized carbons (Fsp3) is 0.148. The molecule has 4 amide bonds. The number of anilines is 1. The molecule has 7 nitrogen and oxygen atoms in total. The van der Waals surface area contributed by atoms with Crippen molar-refractivity contribution in [2.24, 2.45) is 0 Å². The number of hydrogen-bond acceptors (Lipinski definition) is 5. The van der Waals surface area contributed by atoms with Gasteiger partial charge in [-0.2, -0.15) is 0 Å². The minimum Gasteiger partial charge on any atom is -0.490 e. The lowest BCUT2D eigenvalue weighted by Crippen LogP contribution is -2.54. The first kappa shape index (κ1) is 24.2. The number of rotatable bonds is 7. The Bertz CT molecular complexity index is 1290. The topological polar surface area (TPSA) is 84.9 Å². The molecule has 1 heterocycles. The summed E-state index contributed by atoms with van der Waals surface area (Å²) < 4.78 is 12.7. The van der Waals surface area contributed by atoms with E-state index in [-0.39, 0.29) is 11.7 Å². The van der Waals surface area contributed by atoms with E-state index in [2.05, 4.69) is 21.2 Å². The van der Waals surface area contributed by atoms with E-state index in [9.17, 15) is 14.4 Å². The lowest BCUT2D eigenvalue weighted by Gasteiger charge is -2.26. The normalized spacial score (nSPS) is 15.7. The highest BCUT2D eigenvalue weighted by Crippen LogP contribution is 2.33. The summed E-state index contributed by atoms with van der Waals surface area (Å²) >= 11 is 3.33. The van der Waals surface area contributed by atoms with Gasteiger partial charge < -0.3 is 9.47 Å². The molecule has 1 N–H and O–H groups in total. The minimum atomic E-state index is -0.798. The Balaban J connectivity index is 1.63. The van der Waals surface area contributed by atoms with E-state index in [0.29, 0.717) is 29.4 Å². The number of benzene rings is 3. The Morgan fingerprint density at radius 2 is 1.69 bits per heavy atom. The van der Waals surface area contributed by atoms with Crippen LogP contribution in [0.15, 0.2) is 82.8 Å². The molecule has 0 unspecified atom stereocenters. The maximum Gasteiger partial charge on any atom is 0.335 e. The molecule has 1 aliphatic heterocycles. The minimum absolute atomic E-state index is 0.165. The number of barbiturate groups is 1. The van der Waals surface area contributed by atoms with Crippen molar-refractivity contribution in [1.29, 1.82) is 0 Å². The van der Waals surface area contributed by atoms with Gasteiger partial charge in [-0.15, -0.1) is 0 Å². The zero-order chi connectivity index (χ0) is 24.9. The van der Waals surface area contributed by atoms with E-state index in [1.54, 1.807) is 42.5 Å². The fourth-order valence-electron chi connectivity index (χ4n) is 3.61. The van der Waals surface area contributed by atoms with Crippen molar-refractivity contribution < 1.29 is 23.9 Å². The van der Waals surface area contributed by atoms with Crippen LogP contribution in [-0.4, -0.2) is 24.5 Å². The van der Waals surface area contributed by atoms with Gasteiger partial charge in [0.15, 0.2) is 11.5 Å². The molecule has 0 aliphatic carbocycles. The molecule has 0 radical (unpaired) electrons. The van der Waals surface area contributed by atoms with Crippen molar-refractivity contribution >= 4 is 45.5 Å². The Morgan fingerprint density at radius 3 is 2.37 bits per heavy atom. The standard InChI is InChI=1S/C27H23BrN2O5/c1-3-34-24-16-18(9-14-23(24)35-17(2)19-7-5-4-6-8-19)15-22-25(31)29-27(33)30(26(22)32)21-12-10-20(28)11-13-21/h4-17H,3H2,1-2H3,(H,29,31,33)/b22-15-/t17-/m0/s1. The smallest absolute Gasteiger partial charge is 0.335 e. The number of halogens is 1. The van der Waals surface area contributed by atoms with Crippen molar-refractivity contribution in [3.63, 3.8) is 0 Å². The molecule has 0 saturated carbocycles. The molecule has 8 heteroatoms. The van der Waals surface area contributed by atoms with Gasteiger partial charge in [-0.05, 0) is 67.4 Å². The number of hydrogen-bond donors (Lipinski definition) is 1. The maximum atomic E-state index is 13.1. The molecular formula is C27H23BrN2O5. The Hall–Kier alpha value is -3.91. The van der Waals surface area contributed by atoms with Gasteiger partial charge in [0.1, 0.15) is 11.7 Å². The summed E-state index contributed by atoms with van der Waals surface area (Å²) in [5.74, 6) is -0.452. The summed E-state index contributed by atoms with van der Waals surface area (Å²) in [5.41, 5.74) is 1.75. The fourth-order valence-corrected chi connectivity index (χ4v) is 3.88. The van der Waals surface area contributed by atoms with Crippen LogP contribution in [-0.2, 0) is 9.59 Å². The van der Waals surface area contributed by atoms with Crippen molar-refractivity contribution in [2.45, 2.75) is 20.0 Å². The van der Waals surface area contributed by atoms with Crippen LogP contribution in [0.5, 0.6) is 11.5 Å². The van der Waals surface area contributed by atoms with Crippen LogP contribution < -0.4 is 19.7 Å². The molecule has 4 rings (SSSR count). The second-order valence-electron chi connectivity index (χ2n) is 7.74. The number of carbonyl (C=O) groups is 3. The van der Waals surface area contributed by atoms with Gasteiger partial charge in [-0.3, -0.25) is 14.9 Å². The molecule has 35 heavy (non-hydrogen) atoms. The number of carbonyl (C=O) groups excluding carboxylic acids is 3. The van der Waals surface area contributed by atoms with E-state index < -0.39 is 17.8 Å². The Morgan fingerprint density at radius 1 is 0.971 bits per heavy atom. The second-order valence-corrected chi connectivity index (χ2v) is 8.66. The maximum absolute atomic E-state index is 13.1. The Labute approximate surface area is 211 Å². The van der Waals surface area contributed by atoms with Crippen LogP contribution in [0.4, 0.5) is 10.5 Å². The first-order valence-corrected chi connectivity index (χ1v) is 11.8. The molecule has 1 fully saturated rings. The van der Waals surface area contributed by atoms with Crippen LogP contribution in [0.3, 0.4) is 0 Å². The summed E-state index contributed by atoms with van der Waals surface area (Å²) in [7, 11) is 0. The van der Waals surface area contributed by atoms with E-state index >= 15 is 0 Å². The Kier molecular flexibility index (Phi) is 7.31. The number of amides is 4. The highest BCUT2D eigenvalue weighted by Gasteiger charge is 2.36. The monoisotopic (exact) mass is 534 g/mol. The van der Waals surface area contributed by atoms with Gasteiger partial charge in [-0.25, -0.2) is 9.69 Å². The average molecular weight is 535 g/mol. The van der Waals surface area contributed by atoms with Crippen molar-refractivity contribution in [2.75, 3.05) is 11.5 Å².